The van der Waals surface area contributed by atoms with Gasteiger partial charge in [-0.3, -0.25) is 18.7 Å². The minimum atomic E-state index is -0.560. The molecule has 1 amide bonds. The first-order valence-electron chi connectivity index (χ1n) is 9.71. The predicted molar refractivity (Wildman–Crippen MR) is 117 cm³/mol. The number of nitrogens with zero attached hydrogens (tertiary/aromatic N) is 3. The summed E-state index contributed by atoms with van der Waals surface area (Å²) in [5, 5.41) is 6.07. The van der Waals surface area contributed by atoms with Crippen LogP contribution in [-0.4, -0.2) is 39.1 Å². The summed E-state index contributed by atoms with van der Waals surface area (Å²) in [6, 6.07) is 7.66. The smallest absolute Gasteiger partial charge is 0.338 e. The fourth-order valence-electron chi connectivity index (χ4n) is 3.10. The molecule has 3 aromatic rings. The second-order valence-electron chi connectivity index (χ2n) is 6.74. The second kappa shape index (κ2) is 8.82. The second-order valence-corrected chi connectivity index (χ2v) is 6.74. The monoisotopic (exact) mass is 425 g/mol. The Kier molecular flexibility index (Phi) is 6.19. The van der Waals surface area contributed by atoms with Crippen LogP contribution in [0.4, 0.5) is 11.4 Å². The molecule has 31 heavy (non-hydrogen) atoms. The molecule has 0 aliphatic carbocycles. The first-order chi connectivity index (χ1) is 14.8. The van der Waals surface area contributed by atoms with E-state index in [2.05, 4.69) is 15.6 Å². The van der Waals surface area contributed by atoms with E-state index in [0.29, 0.717) is 17.9 Å². The number of aryl methyl sites for hydroxylation is 1. The fourth-order valence-corrected chi connectivity index (χ4v) is 3.10. The van der Waals surface area contributed by atoms with E-state index >= 15 is 0 Å². The lowest BCUT2D eigenvalue weighted by atomic mass is 10.1. The molecule has 0 saturated heterocycles. The van der Waals surface area contributed by atoms with Gasteiger partial charge in [-0.2, -0.15) is 0 Å². The van der Waals surface area contributed by atoms with Crippen LogP contribution in [0.15, 0.2) is 39.9 Å². The van der Waals surface area contributed by atoms with Crippen LogP contribution in [0, 0.1) is 0 Å². The van der Waals surface area contributed by atoms with Gasteiger partial charge in [0.2, 0.25) is 0 Å². The van der Waals surface area contributed by atoms with Crippen LogP contribution in [0.25, 0.3) is 11.0 Å². The highest BCUT2D eigenvalue weighted by atomic mass is 16.5. The van der Waals surface area contributed by atoms with Gasteiger partial charge in [0.25, 0.3) is 11.5 Å². The lowest BCUT2D eigenvalue weighted by Crippen LogP contribution is -2.37. The van der Waals surface area contributed by atoms with Gasteiger partial charge in [-0.25, -0.2) is 14.6 Å². The van der Waals surface area contributed by atoms with Gasteiger partial charge in [-0.05, 0) is 44.2 Å². The predicted octanol–water partition coefficient (Wildman–Crippen LogP) is 1.49. The van der Waals surface area contributed by atoms with E-state index in [0.717, 1.165) is 4.57 Å². The Bertz CT molecular complexity index is 1290. The zero-order valence-corrected chi connectivity index (χ0v) is 17.7. The lowest BCUT2D eigenvalue weighted by molar-refractivity contribution is 0.0526. The molecule has 10 nitrogen and oxygen atoms in total. The summed E-state index contributed by atoms with van der Waals surface area (Å²) in [5.74, 6) is -1.06. The number of amides is 1. The number of esters is 1. The van der Waals surface area contributed by atoms with Gasteiger partial charge in [0.05, 0.1) is 28.9 Å². The van der Waals surface area contributed by atoms with Gasteiger partial charge in [0, 0.05) is 20.6 Å². The highest BCUT2D eigenvalue weighted by Crippen LogP contribution is 2.24. The van der Waals surface area contributed by atoms with Gasteiger partial charge in [0.15, 0.2) is 0 Å². The molecule has 2 aromatic heterocycles. The summed E-state index contributed by atoms with van der Waals surface area (Å²) >= 11 is 0. The molecule has 0 unspecified atom stereocenters. The van der Waals surface area contributed by atoms with Crippen LogP contribution in [-0.2, 0) is 18.8 Å². The SMILES string of the molecule is CCNc1ccc(C(=O)OCC)cc1NC(=O)c1ccc2c(=O)n(C)c(=O)n(C)c2n1. The van der Waals surface area contributed by atoms with E-state index in [1.54, 1.807) is 19.1 Å². The number of rotatable bonds is 6. The van der Waals surface area contributed by atoms with E-state index in [1.807, 2.05) is 6.92 Å². The number of pyridine rings is 1. The Morgan fingerprint density at radius 3 is 2.45 bits per heavy atom. The molecule has 0 aliphatic rings. The maximum atomic E-state index is 12.9. The van der Waals surface area contributed by atoms with Crippen molar-refractivity contribution in [2.75, 3.05) is 23.8 Å². The van der Waals surface area contributed by atoms with Crippen molar-refractivity contribution in [1.82, 2.24) is 14.1 Å². The number of carbonyl (C=O) groups is 2. The van der Waals surface area contributed by atoms with Crippen molar-refractivity contribution < 1.29 is 14.3 Å². The Hall–Kier alpha value is -3.95. The van der Waals surface area contributed by atoms with Crippen molar-refractivity contribution >= 4 is 34.3 Å². The van der Waals surface area contributed by atoms with E-state index in [1.165, 1.54) is 36.9 Å². The first kappa shape index (κ1) is 21.8. The molecule has 1 aromatic carbocycles. The summed E-state index contributed by atoms with van der Waals surface area (Å²) in [4.78, 5) is 53.6. The topological polar surface area (TPSA) is 124 Å². The highest BCUT2D eigenvalue weighted by Gasteiger charge is 2.17. The quantitative estimate of drug-likeness (QED) is 0.574. The molecule has 3 rings (SSSR count). The number of hydrogen-bond acceptors (Lipinski definition) is 7. The molecule has 10 heteroatoms. The van der Waals surface area contributed by atoms with E-state index in [9.17, 15) is 19.2 Å². The van der Waals surface area contributed by atoms with Crippen LogP contribution in [0.2, 0.25) is 0 Å². The van der Waals surface area contributed by atoms with E-state index in [4.69, 9.17) is 4.74 Å². The van der Waals surface area contributed by atoms with Crippen LogP contribution in [0.5, 0.6) is 0 Å². The van der Waals surface area contributed by atoms with Crippen molar-refractivity contribution in [3.05, 3.63) is 62.4 Å². The Morgan fingerprint density at radius 2 is 1.77 bits per heavy atom. The maximum absolute atomic E-state index is 12.9. The van der Waals surface area contributed by atoms with Crippen molar-refractivity contribution in [1.29, 1.82) is 0 Å². The molecule has 0 saturated carbocycles. The van der Waals surface area contributed by atoms with Gasteiger partial charge >= 0.3 is 11.7 Å². The molecule has 0 aliphatic heterocycles. The molecule has 0 spiro atoms. The average Bonchev–Trinajstić information content (AvgIpc) is 2.77. The molecule has 0 bridgehead atoms. The van der Waals surface area contributed by atoms with Crippen molar-refractivity contribution in [3.8, 4) is 0 Å². The normalized spacial score (nSPS) is 10.7. The molecule has 0 atom stereocenters. The number of ether oxygens (including phenoxy) is 1. The van der Waals surface area contributed by atoms with Crippen LogP contribution in [0.3, 0.4) is 0 Å². The average molecular weight is 425 g/mol. The molecule has 2 heterocycles. The third-order valence-electron chi connectivity index (χ3n) is 4.68. The van der Waals surface area contributed by atoms with Crippen LogP contribution >= 0.6 is 0 Å². The van der Waals surface area contributed by atoms with Crippen molar-refractivity contribution in [2.45, 2.75) is 13.8 Å². The summed E-state index contributed by atoms with van der Waals surface area (Å²) in [6.45, 7) is 4.44. The molecule has 162 valence electrons. The summed E-state index contributed by atoms with van der Waals surface area (Å²) in [7, 11) is 2.86. The number of anilines is 2. The largest absolute Gasteiger partial charge is 0.462 e. The highest BCUT2D eigenvalue weighted by molar-refractivity contribution is 6.06. The number of benzene rings is 1. The Morgan fingerprint density at radius 1 is 1.03 bits per heavy atom. The number of aromatic nitrogens is 3. The van der Waals surface area contributed by atoms with Gasteiger partial charge in [0.1, 0.15) is 11.3 Å². The Balaban J connectivity index is 2.01. The van der Waals surface area contributed by atoms with E-state index in [-0.39, 0.29) is 28.9 Å². The molecular weight excluding hydrogens is 402 g/mol. The van der Waals surface area contributed by atoms with Gasteiger partial charge in [-0.1, -0.05) is 0 Å². The zero-order valence-electron chi connectivity index (χ0n) is 17.7. The summed E-state index contributed by atoms with van der Waals surface area (Å²) < 4.78 is 7.20. The van der Waals surface area contributed by atoms with Crippen LogP contribution < -0.4 is 21.9 Å². The van der Waals surface area contributed by atoms with Crippen LogP contribution in [0.1, 0.15) is 34.7 Å². The van der Waals surface area contributed by atoms with E-state index < -0.39 is 23.1 Å². The molecule has 0 fully saturated rings. The molecular formula is C21H23N5O5. The lowest BCUT2D eigenvalue weighted by Gasteiger charge is -2.14. The zero-order chi connectivity index (χ0) is 22.7. The number of fused-ring (bicyclic) bond motifs is 1. The number of carbonyl (C=O) groups excluding carboxylic acids is 2. The van der Waals surface area contributed by atoms with Crippen molar-refractivity contribution in [3.63, 3.8) is 0 Å². The third kappa shape index (κ3) is 4.18. The molecule has 0 radical (unpaired) electrons. The standard InChI is InChI=1S/C21H23N5O5/c1-5-22-14-9-7-12(20(29)31-6-2)11-16(14)24-18(27)15-10-8-13-17(23-15)25(3)21(30)26(4)19(13)28/h7-11,22H,5-6H2,1-4H3,(H,24,27). The summed E-state index contributed by atoms with van der Waals surface area (Å²) in [6.07, 6.45) is 0. The first-order valence-corrected chi connectivity index (χ1v) is 9.71. The molecule has 2 N–H and O–H groups in total. The Labute approximate surface area is 177 Å². The minimum Gasteiger partial charge on any atom is -0.462 e. The van der Waals surface area contributed by atoms with Crippen molar-refractivity contribution in [2.24, 2.45) is 14.1 Å². The maximum Gasteiger partial charge on any atom is 0.338 e. The number of hydrogen-bond donors (Lipinski definition) is 2. The number of nitrogens with one attached hydrogen (secondary N) is 2. The summed E-state index contributed by atoms with van der Waals surface area (Å²) in [5.41, 5.74) is 0.361. The fraction of sp³-hybridized carbons (Fsp3) is 0.286. The third-order valence-corrected chi connectivity index (χ3v) is 4.68. The minimum absolute atomic E-state index is 0.0136. The van der Waals surface area contributed by atoms with Gasteiger partial charge < -0.3 is 15.4 Å². The van der Waals surface area contributed by atoms with Gasteiger partial charge in [-0.15, -0.1) is 0 Å².